The molecule has 8 heteroatoms. The van der Waals surface area contributed by atoms with Crippen LogP contribution in [0.5, 0.6) is 11.5 Å². The van der Waals surface area contributed by atoms with E-state index in [1.54, 1.807) is 30.0 Å². The first-order chi connectivity index (χ1) is 16.7. The SMILES string of the molecule is COc1cc(C=C2N=C(c3ccccc3)OC2=O)ccc1OCc1cn(-c2ccccc2)nn1. The van der Waals surface area contributed by atoms with Gasteiger partial charge in [0, 0.05) is 5.56 Å². The van der Waals surface area contributed by atoms with E-state index in [0.717, 1.165) is 16.8 Å². The smallest absolute Gasteiger partial charge is 0.363 e. The normalized spacial score (nSPS) is 14.1. The van der Waals surface area contributed by atoms with Crippen LogP contribution in [0.3, 0.4) is 0 Å². The van der Waals surface area contributed by atoms with E-state index in [2.05, 4.69) is 15.3 Å². The van der Waals surface area contributed by atoms with Crippen molar-refractivity contribution in [3.63, 3.8) is 0 Å². The number of esters is 1. The van der Waals surface area contributed by atoms with Gasteiger partial charge in [-0.05, 0) is 48.0 Å². The van der Waals surface area contributed by atoms with Crippen molar-refractivity contribution < 1.29 is 19.0 Å². The number of hydrogen-bond donors (Lipinski definition) is 0. The van der Waals surface area contributed by atoms with Gasteiger partial charge < -0.3 is 14.2 Å². The summed E-state index contributed by atoms with van der Waals surface area (Å²) in [5, 5.41) is 8.30. The lowest BCUT2D eigenvalue weighted by Crippen LogP contribution is -2.04. The van der Waals surface area contributed by atoms with Crippen LogP contribution in [0.25, 0.3) is 11.8 Å². The van der Waals surface area contributed by atoms with Crippen LogP contribution in [0.15, 0.2) is 95.7 Å². The summed E-state index contributed by atoms with van der Waals surface area (Å²) in [6.07, 6.45) is 3.46. The number of aromatic nitrogens is 3. The Morgan fingerprint density at radius 1 is 0.971 bits per heavy atom. The summed E-state index contributed by atoms with van der Waals surface area (Å²) in [6.45, 7) is 0.223. The van der Waals surface area contributed by atoms with Crippen LogP contribution in [-0.4, -0.2) is 34.0 Å². The maximum absolute atomic E-state index is 12.3. The third kappa shape index (κ3) is 4.56. The molecule has 0 saturated carbocycles. The summed E-state index contributed by atoms with van der Waals surface area (Å²) in [5.74, 6) is 0.844. The van der Waals surface area contributed by atoms with Gasteiger partial charge in [-0.25, -0.2) is 14.5 Å². The number of ether oxygens (including phenoxy) is 3. The lowest BCUT2D eigenvalue weighted by molar-refractivity contribution is -0.129. The zero-order chi connectivity index (χ0) is 23.3. The Morgan fingerprint density at radius 2 is 1.74 bits per heavy atom. The van der Waals surface area contributed by atoms with Crippen molar-refractivity contribution in [2.75, 3.05) is 7.11 Å². The number of carbonyl (C=O) groups excluding carboxylic acids is 1. The van der Waals surface area contributed by atoms with E-state index in [-0.39, 0.29) is 18.2 Å². The van der Waals surface area contributed by atoms with Crippen LogP contribution in [-0.2, 0) is 16.1 Å². The number of nitrogens with zero attached hydrogens (tertiary/aromatic N) is 4. The molecule has 1 aliphatic heterocycles. The van der Waals surface area contributed by atoms with Gasteiger partial charge in [0.1, 0.15) is 12.3 Å². The monoisotopic (exact) mass is 452 g/mol. The maximum Gasteiger partial charge on any atom is 0.363 e. The Balaban J connectivity index is 1.31. The first kappa shape index (κ1) is 21.1. The fourth-order valence-electron chi connectivity index (χ4n) is 3.39. The molecule has 0 aliphatic carbocycles. The van der Waals surface area contributed by atoms with E-state index in [1.165, 1.54) is 0 Å². The summed E-state index contributed by atoms with van der Waals surface area (Å²) < 4.78 is 18.4. The molecule has 0 atom stereocenters. The molecule has 0 N–H and O–H groups in total. The van der Waals surface area contributed by atoms with Crippen LogP contribution in [0.2, 0.25) is 0 Å². The first-order valence-corrected chi connectivity index (χ1v) is 10.5. The molecule has 0 saturated heterocycles. The zero-order valence-corrected chi connectivity index (χ0v) is 18.3. The van der Waals surface area contributed by atoms with Crippen molar-refractivity contribution in [3.05, 3.63) is 108 Å². The summed E-state index contributed by atoms with van der Waals surface area (Å²) in [6, 6.07) is 24.4. The fraction of sp³-hybridized carbons (Fsp3) is 0.0769. The molecule has 0 fully saturated rings. The highest BCUT2D eigenvalue weighted by molar-refractivity contribution is 6.12. The Kier molecular flexibility index (Phi) is 5.85. The van der Waals surface area contributed by atoms with Gasteiger partial charge in [0.2, 0.25) is 5.90 Å². The first-order valence-electron chi connectivity index (χ1n) is 10.5. The van der Waals surface area contributed by atoms with Crippen molar-refractivity contribution in [1.29, 1.82) is 0 Å². The van der Waals surface area contributed by atoms with Crippen LogP contribution >= 0.6 is 0 Å². The molecule has 0 radical (unpaired) electrons. The van der Waals surface area contributed by atoms with Crippen LogP contribution in [0.4, 0.5) is 0 Å². The molecule has 0 unspecified atom stereocenters. The molecule has 34 heavy (non-hydrogen) atoms. The van der Waals surface area contributed by atoms with Crippen LogP contribution in [0, 0.1) is 0 Å². The molecular formula is C26H20N4O4. The molecule has 8 nitrogen and oxygen atoms in total. The van der Waals surface area contributed by atoms with Crippen LogP contribution < -0.4 is 9.47 Å². The van der Waals surface area contributed by atoms with Gasteiger partial charge in [-0.3, -0.25) is 0 Å². The zero-order valence-electron chi connectivity index (χ0n) is 18.3. The molecule has 0 spiro atoms. The van der Waals surface area contributed by atoms with E-state index in [9.17, 15) is 4.79 Å². The average molecular weight is 452 g/mol. The van der Waals surface area contributed by atoms with Gasteiger partial charge >= 0.3 is 5.97 Å². The van der Waals surface area contributed by atoms with E-state index in [1.807, 2.05) is 72.9 Å². The van der Waals surface area contributed by atoms with Gasteiger partial charge in [-0.2, -0.15) is 0 Å². The number of aliphatic imine (C=N–C) groups is 1. The molecule has 2 heterocycles. The second-order valence-electron chi connectivity index (χ2n) is 7.39. The Hall–Kier alpha value is -4.72. The minimum atomic E-state index is -0.500. The summed E-state index contributed by atoms with van der Waals surface area (Å²) in [7, 11) is 1.56. The third-order valence-electron chi connectivity index (χ3n) is 5.07. The van der Waals surface area contributed by atoms with E-state index in [4.69, 9.17) is 14.2 Å². The second kappa shape index (κ2) is 9.41. The summed E-state index contributed by atoms with van der Waals surface area (Å²) in [4.78, 5) is 16.6. The number of methoxy groups -OCH3 is 1. The minimum Gasteiger partial charge on any atom is -0.493 e. The third-order valence-corrected chi connectivity index (χ3v) is 5.07. The highest BCUT2D eigenvalue weighted by atomic mass is 16.6. The quantitative estimate of drug-likeness (QED) is 0.309. The van der Waals surface area contributed by atoms with Crippen molar-refractivity contribution >= 4 is 17.9 Å². The Morgan fingerprint density at radius 3 is 2.50 bits per heavy atom. The van der Waals surface area contributed by atoms with E-state index in [0.29, 0.717) is 17.2 Å². The molecule has 3 aromatic carbocycles. The minimum absolute atomic E-state index is 0.215. The lowest BCUT2D eigenvalue weighted by Gasteiger charge is -2.10. The predicted octanol–water partition coefficient (Wildman–Crippen LogP) is 4.20. The largest absolute Gasteiger partial charge is 0.493 e. The highest BCUT2D eigenvalue weighted by Gasteiger charge is 2.24. The van der Waals surface area contributed by atoms with Crippen LogP contribution in [0.1, 0.15) is 16.8 Å². The highest BCUT2D eigenvalue weighted by Crippen LogP contribution is 2.30. The van der Waals surface area contributed by atoms with Crippen molar-refractivity contribution in [1.82, 2.24) is 15.0 Å². The van der Waals surface area contributed by atoms with Gasteiger partial charge in [0.05, 0.1) is 19.0 Å². The van der Waals surface area contributed by atoms with Crippen molar-refractivity contribution in [2.45, 2.75) is 6.61 Å². The van der Waals surface area contributed by atoms with Gasteiger partial charge in [-0.1, -0.05) is 47.7 Å². The summed E-state index contributed by atoms with van der Waals surface area (Å²) >= 11 is 0. The van der Waals surface area contributed by atoms with Gasteiger partial charge in [0.15, 0.2) is 17.2 Å². The number of hydrogen-bond acceptors (Lipinski definition) is 7. The van der Waals surface area contributed by atoms with E-state index >= 15 is 0 Å². The second-order valence-corrected chi connectivity index (χ2v) is 7.39. The van der Waals surface area contributed by atoms with Crippen molar-refractivity contribution in [3.8, 4) is 17.2 Å². The molecule has 1 aromatic heterocycles. The number of rotatable bonds is 7. The lowest BCUT2D eigenvalue weighted by atomic mass is 10.1. The molecule has 4 aromatic rings. The van der Waals surface area contributed by atoms with E-state index < -0.39 is 5.97 Å². The summed E-state index contributed by atoms with van der Waals surface area (Å²) in [5.41, 5.74) is 3.27. The van der Waals surface area contributed by atoms with Gasteiger partial charge in [-0.15, -0.1) is 5.10 Å². The molecule has 0 bridgehead atoms. The van der Waals surface area contributed by atoms with Gasteiger partial charge in [0.25, 0.3) is 0 Å². The fourth-order valence-corrected chi connectivity index (χ4v) is 3.39. The standard InChI is InChI=1S/C26H20N4O4/c1-32-24-15-18(14-22-26(31)34-25(27-22)19-8-4-2-5-9-19)12-13-23(24)33-17-20-16-30(29-28-20)21-10-6-3-7-11-21/h2-16H,17H2,1H3. The molecule has 168 valence electrons. The number of carbonyl (C=O) groups is 1. The number of cyclic esters (lactones) is 1. The molecular weight excluding hydrogens is 432 g/mol. The maximum atomic E-state index is 12.3. The Labute approximate surface area is 195 Å². The molecule has 5 rings (SSSR count). The predicted molar refractivity (Wildman–Crippen MR) is 126 cm³/mol. The topological polar surface area (TPSA) is 87.8 Å². The number of para-hydroxylation sites is 1. The van der Waals surface area contributed by atoms with Crippen molar-refractivity contribution in [2.24, 2.45) is 4.99 Å². The Bertz CT molecular complexity index is 1380. The number of benzene rings is 3. The average Bonchev–Trinajstić information content (AvgIpc) is 3.51. The molecule has 0 amide bonds. The molecule has 1 aliphatic rings.